The molecule has 0 radical (unpaired) electrons. The van der Waals surface area contributed by atoms with Gasteiger partial charge in [-0.3, -0.25) is 0 Å². The van der Waals surface area contributed by atoms with Crippen molar-refractivity contribution in [2.75, 3.05) is 12.0 Å². The number of aromatic nitrogens is 1. The highest BCUT2D eigenvalue weighted by Gasteiger charge is 2.13. The summed E-state index contributed by atoms with van der Waals surface area (Å²) in [5.74, 6) is 1.28. The van der Waals surface area contributed by atoms with E-state index in [1.54, 1.807) is 11.8 Å². The first kappa shape index (κ1) is 11.1. The van der Waals surface area contributed by atoms with Gasteiger partial charge in [0.05, 0.1) is 0 Å². The molecule has 1 aromatic heterocycles. The van der Waals surface area contributed by atoms with E-state index in [9.17, 15) is 0 Å². The Kier molecular flexibility index (Phi) is 3.19. The third-order valence-corrected chi connectivity index (χ3v) is 3.27. The molecule has 0 atom stereocenters. The number of rotatable bonds is 3. The van der Waals surface area contributed by atoms with Crippen LogP contribution in [-0.2, 0) is 6.42 Å². The third-order valence-electron chi connectivity index (χ3n) is 2.52. The molecule has 0 aliphatic carbocycles. The molecule has 4 heteroatoms. The number of benzene rings is 1. The molecule has 0 saturated carbocycles. The van der Waals surface area contributed by atoms with Crippen molar-refractivity contribution >= 4 is 17.6 Å². The van der Waals surface area contributed by atoms with Gasteiger partial charge in [-0.15, -0.1) is 11.8 Å². The largest absolute Gasteiger partial charge is 0.381 e. The summed E-state index contributed by atoms with van der Waals surface area (Å²) in [6, 6.07) is 8.20. The van der Waals surface area contributed by atoms with E-state index in [2.05, 4.69) is 23.5 Å². The standard InChI is InChI=1S/C12H14N2OS/c1-3-10-11(15-14-12(10)13)8-4-6-9(16-2)7-5-8/h4-7H,3H2,1-2H3,(H2,13,14). The van der Waals surface area contributed by atoms with E-state index in [0.717, 1.165) is 23.3 Å². The fourth-order valence-electron chi connectivity index (χ4n) is 1.63. The van der Waals surface area contributed by atoms with Gasteiger partial charge in [-0.2, -0.15) is 0 Å². The summed E-state index contributed by atoms with van der Waals surface area (Å²) in [5, 5.41) is 3.80. The molecule has 0 unspecified atom stereocenters. The molecule has 3 nitrogen and oxygen atoms in total. The van der Waals surface area contributed by atoms with Crippen LogP contribution in [0.5, 0.6) is 0 Å². The molecule has 0 saturated heterocycles. The van der Waals surface area contributed by atoms with Crippen LogP contribution in [0.3, 0.4) is 0 Å². The first-order chi connectivity index (χ1) is 7.76. The van der Waals surface area contributed by atoms with E-state index in [4.69, 9.17) is 10.3 Å². The lowest BCUT2D eigenvalue weighted by Gasteiger charge is -2.00. The van der Waals surface area contributed by atoms with Crippen molar-refractivity contribution in [2.24, 2.45) is 0 Å². The average Bonchev–Trinajstić information content (AvgIpc) is 2.70. The Balaban J connectivity index is 2.42. The van der Waals surface area contributed by atoms with Gasteiger partial charge in [-0.25, -0.2) is 0 Å². The smallest absolute Gasteiger partial charge is 0.172 e. The summed E-state index contributed by atoms with van der Waals surface area (Å²) in [6.07, 6.45) is 2.88. The van der Waals surface area contributed by atoms with Crippen LogP contribution in [0.4, 0.5) is 5.82 Å². The quantitative estimate of drug-likeness (QED) is 0.828. The highest BCUT2D eigenvalue weighted by atomic mass is 32.2. The van der Waals surface area contributed by atoms with Crippen molar-refractivity contribution < 1.29 is 4.52 Å². The summed E-state index contributed by atoms with van der Waals surface area (Å²) in [6.45, 7) is 2.04. The van der Waals surface area contributed by atoms with Crippen LogP contribution in [0.25, 0.3) is 11.3 Å². The normalized spacial score (nSPS) is 10.6. The molecule has 84 valence electrons. The molecule has 0 spiro atoms. The maximum absolute atomic E-state index is 5.74. The minimum absolute atomic E-state index is 0.492. The van der Waals surface area contributed by atoms with Crippen LogP contribution < -0.4 is 5.73 Å². The van der Waals surface area contributed by atoms with Crippen molar-refractivity contribution in [3.8, 4) is 11.3 Å². The van der Waals surface area contributed by atoms with E-state index in [1.807, 2.05) is 19.1 Å². The molecule has 0 fully saturated rings. The second kappa shape index (κ2) is 4.61. The molecule has 0 amide bonds. The Morgan fingerprint density at radius 2 is 2.00 bits per heavy atom. The van der Waals surface area contributed by atoms with E-state index in [1.165, 1.54) is 4.90 Å². The molecule has 1 aromatic carbocycles. The van der Waals surface area contributed by atoms with Crippen molar-refractivity contribution in [1.29, 1.82) is 0 Å². The minimum atomic E-state index is 0.492. The molecule has 16 heavy (non-hydrogen) atoms. The number of hydrogen-bond acceptors (Lipinski definition) is 4. The predicted molar refractivity (Wildman–Crippen MR) is 67.5 cm³/mol. The van der Waals surface area contributed by atoms with Crippen LogP contribution in [-0.4, -0.2) is 11.4 Å². The van der Waals surface area contributed by atoms with Crippen LogP contribution >= 0.6 is 11.8 Å². The SMILES string of the molecule is CCc1c(N)noc1-c1ccc(SC)cc1. The van der Waals surface area contributed by atoms with Gasteiger partial charge in [0.1, 0.15) is 0 Å². The van der Waals surface area contributed by atoms with E-state index in [-0.39, 0.29) is 0 Å². The zero-order valence-electron chi connectivity index (χ0n) is 9.36. The first-order valence-electron chi connectivity index (χ1n) is 5.14. The van der Waals surface area contributed by atoms with Gasteiger partial charge in [-0.1, -0.05) is 24.2 Å². The molecule has 1 heterocycles. The summed E-state index contributed by atoms with van der Waals surface area (Å²) in [4.78, 5) is 1.23. The predicted octanol–water partition coefficient (Wildman–Crippen LogP) is 3.21. The van der Waals surface area contributed by atoms with E-state index in [0.29, 0.717) is 5.82 Å². The summed E-state index contributed by atoms with van der Waals surface area (Å²) in [7, 11) is 0. The van der Waals surface area contributed by atoms with Crippen molar-refractivity contribution in [2.45, 2.75) is 18.2 Å². The number of hydrogen-bond donors (Lipinski definition) is 1. The Morgan fingerprint density at radius 1 is 1.31 bits per heavy atom. The summed E-state index contributed by atoms with van der Waals surface area (Å²) >= 11 is 1.72. The number of nitrogens with zero attached hydrogens (tertiary/aromatic N) is 1. The second-order valence-corrected chi connectivity index (χ2v) is 4.34. The fraction of sp³-hybridized carbons (Fsp3) is 0.250. The highest BCUT2D eigenvalue weighted by Crippen LogP contribution is 2.29. The topological polar surface area (TPSA) is 52.0 Å². The van der Waals surface area contributed by atoms with Gasteiger partial charge in [-0.05, 0) is 24.8 Å². The summed E-state index contributed by atoms with van der Waals surface area (Å²) < 4.78 is 5.26. The average molecular weight is 234 g/mol. The van der Waals surface area contributed by atoms with Gasteiger partial charge in [0.2, 0.25) is 0 Å². The molecule has 2 rings (SSSR count). The van der Waals surface area contributed by atoms with Crippen LogP contribution in [0.2, 0.25) is 0 Å². The van der Waals surface area contributed by atoms with Gasteiger partial charge < -0.3 is 10.3 Å². The lowest BCUT2D eigenvalue weighted by atomic mass is 10.1. The zero-order valence-corrected chi connectivity index (χ0v) is 10.2. The Labute approximate surface area is 99.0 Å². The second-order valence-electron chi connectivity index (χ2n) is 3.46. The van der Waals surface area contributed by atoms with Gasteiger partial charge in [0, 0.05) is 16.0 Å². The van der Waals surface area contributed by atoms with Gasteiger partial charge in [0.25, 0.3) is 0 Å². The molecule has 2 N–H and O–H groups in total. The van der Waals surface area contributed by atoms with Crippen molar-refractivity contribution in [1.82, 2.24) is 5.16 Å². The number of nitrogen functional groups attached to an aromatic ring is 1. The molecule has 2 aromatic rings. The maximum Gasteiger partial charge on any atom is 0.172 e. The fourth-order valence-corrected chi connectivity index (χ4v) is 2.04. The van der Waals surface area contributed by atoms with Gasteiger partial charge in [0.15, 0.2) is 11.6 Å². The van der Waals surface area contributed by atoms with Crippen LogP contribution in [0.1, 0.15) is 12.5 Å². The Morgan fingerprint density at radius 3 is 2.56 bits per heavy atom. The molecule has 0 aliphatic heterocycles. The molecular weight excluding hydrogens is 220 g/mol. The van der Waals surface area contributed by atoms with Crippen molar-refractivity contribution in [3.63, 3.8) is 0 Å². The number of anilines is 1. The monoisotopic (exact) mass is 234 g/mol. The Hall–Kier alpha value is -1.42. The molecule has 0 bridgehead atoms. The number of thioether (sulfide) groups is 1. The van der Waals surface area contributed by atoms with Gasteiger partial charge >= 0.3 is 0 Å². The van der Waals surface area contributed by atoms with Crippen LogP contribution in [0.15, 0.2) is 33.7 Å². The van der Waals surface area contributed by atoms with Crippen molar-refractivity contribution in [3.05, 3.63) is 29.8 Å². The van der Waals surface area contributed by atoms with Crippen LogP contribution in [0, 0.1) is 0 Å². The van der Waals surface area contributed by atoms with E-state index < -0.39 is 0 Å². The third kappa shape index (κ3) is 1.93. The lowest BCUT2D eigenvalue weighted by Crippen LogP contribution is -1.90. The molecular formula is C12H14N2OS. The molecule has 0 aliphatic rings. The Bertz CT molecular complexity index is 476. The lowest BCUT2D eigenvalue weighted by molar-refractivity contribution is 0.435. The highest BCUT2D eigenvalue weighted by molar-refractivity contribution is 7.98. The summed E-state index contributed by atoms with van der Waals surface area (Å²) in [5.41, 5.74) is 7.75. The zero-order chi connectivity index (χ0) is 11.5. The first-order valence-corrected chi connectivity index (χ1v) is 6.37. The maximum atomic E-state index is 5.74. The number of nitrogens with two attached hydrogens (primary N) is 1. The minimum Gasteiger partial charge on any atom is -0.381 e. The van der Waals surface area contributed by atoms with E-state index >= 15 is 0 Å².